The summed E-state index contributed by atoms with van der Waals surface area (Å²) < 4.78 is 11.0. The van der Waals surface area contributed by atoms with Gasteiger partial charge in [0.2, 0.25) is 0 Å². The molecule has 1 amide bonds. The summed E-state index contributed by atoms with van der Waals surface area (Å²) in [5.74, 6) is 1.95. The van der Waals surface area contributed by atoms with Crippen LogP contribution < -0.4 is 10.1 Å². The van der Waals surface area contributed by atoms with E-state index in [1.807, 2.05) is 18.0 Å². The lowest BCUT2D eigenvalue weighted by Gasteiger charge is -2.38. The van der Waals surface area contributed by atoms with Crippen molar-refractivity contribution in [3.63, 3.8) is 0 Å². The number of ether oxygens (including phenoxy) is 2. The van der Waals surface area contributed by atoms with Gasteiger partial charge in [0.1, 0.15) is 11.9 Å². The van der Waals surface area contributed by atoms with Crippen LogP contribution in [0.4, 0.5) is 0 Å². The van der Waals surface area contributed by atoms with Crippen LogP contribution in [0.25, 0.3) is 0 Å². The topological polar surface area (TPSA) is 69.6 Å². The van der Waals surface area contributed by atoms with Crippen LogP contribution in [0.2, 0.25) is 0 Å². The summed E-state index contributed by atoms with van der Waals surface area (Å²) in [5, 5.41) is 3.62. The molecule has 0 spiro atoms. The van der Waals surface area contributed by atoms with Crippen LogP contribution in [0, 0.1) is 0 Å². The molecule has 0 aliphatic carbocycles. The van der Waals surface area contributed by atoms with Crippen molar-refractivity contribution in [3.8, 4) is 5.75 Å². The van der Waals surface area contributed by atoms with Crippen LogP contribution in [-0.2, 0) is 9.53 Å². The Morgan fingerprint density at radius 3 is 2.52 bits per heavy atom. The number of carbonyl (C=O) groups is 1. The molecule has 3 aliphatic heterocycles. The zero-order valence-electron chi connectivity index (χ0n) is 19.9. The van der Waals surface area contributed by atoms with E-state index in [9.17, 15) is 4.79 Å². The van der Waals surface area contributed by atoms with Gasteiger partial charge < -0.3 is 24.6 Å². The first-order chi connectivity index (χ1) is 15.7. The van der Waals surface area contributed by atoms with Gasteiger partial charge in [-0.05, 0) is 56.5 Å². The van der Waals surface area contributed by atoms with Gasteiger partial charge in [-0.1, -0.05) is 12.1 Å². The summed E-state index contributed by atoms with van der Waals surface area (Å²) in [6.07, 6.45) is 4.09. The van der Waals surface area contributed by atoms with Crippen LogP contribution in [0.15, 0.2) is 29.3 Å². The van der Waals surface area contributed by atoms with E-state index in [2.05, 4.69) is 38.3 Å². The first-order valence-electron chi connectivity index (χ1n) is 11.9. The zero-order valence-corrected chi connectivity index (χ0v) is 22.2. The number of aliphatic imine (C=N–C) groups is 1. The minimum Gasteiger partial charge on any atom is -0.497 e. The second kappa shape index (κ2) is 12.8. The lowest BCUT2D eigenvalue weighted by molar-refractivity contribution is -0.142. The van der Waals surface area contributed by atoms with E-state index in [1.54, 1.807) is 7.11 Å². The van der Waals surface area contributed by atoms with Gasteiger partial charge in [0, 0.05) is 46.4 Å². The Balaban J connectivity index is 0.00000306. The summed E-state index contributed by atoms with van der Waals surface area (Å²) in [6.45, 7) is 6.72. The number of hydrogen-bond donors (Lipinski definition) is 1. The van der Waals surface area contributed by atoms with Crippen LogP contribution in [0.3, 0.4) is 0 Å². The van der Waals surface area contributed by atoms with Crippen molar-refractivity contribution in [2.75, 3.05) is 66.6 Å². The molecule has 4 rings (SSSR count). The van der Waals surface area contributed by atoms with Crippen molar-refractivity contribution in [2.45, 2.75) is 37.8 Å². The number of guanidine groups is 1. The quantitative estimate of drug-likeness (QED) is 0.322. The van der Waals surface area contributed by atoms with Crippen LogP contribution in [-0.4, -0.2) is 99.2 Å². The van der Waals surface area contributed by atoms with E-state index in [4.69, 9.17) is 9.47 Å². The first-order valence-corrected chi connectivity index (χ1v) is 11.9. The molecule has 3 saturated heterocycles. The maximum Gasteiger partial charge on any atom is 0.251 e. The van der Waals surface area contributed by atoms with Gasteiger partial charge in [-0.2, -0.15) is 0 Å². The summed E-state index contributed by atoms with van der Waals surface area (Å²) in [6, 6.07) is 8.66. The summed E-state index contributed by atoms with van der Waals surface area (Å²) in [4.78, 5) is 23.9. The van der Waals surface area contributed by atoms with E-state index in [-0.39, 0.29) is 42.0 Å². The molecular formula is C24H38IN5O3. The Kier molecular flexibility index (Phi) is 10.1. The molecule has 3 fully saturated rings. The molecule has 0 saturated carbocycles. The molecule has 184 valence electrons. The SMILES string of the molecule is CN=C(NCC(c1cccc(OC)c1)N1CCCC1)N1CCN(C(=O)C2CCCO2)CC1.I. The largest absolute Gasteiger partial charge is 0.497 e. The average Bonchev–Trinajstić information content (AvgIpc) is 3.57. The molecule has 0 bridgehead atoms. The standard InChI is InChI=1S/C24H37N5O3.HI/c1-25-24(29-14-12-28(13-15-29)23(30)22-9-6-16-32-22)26-18-21(27-10-3-4-11-27)19-7-5-8-20(17-19)31-2;/h5,7-8,17,21-22H,3-4,6,9-16,18H2,1-2H3,(H,25,26);1H. The lowest BCUT2D eigenvalue weighted by atomic mass is 10.1. The predicted molar refractivity (Wildman–Crippen MR) is 140 cm³/mol. The lowest BCUT2D eigenvalue weighted by Crippen LogP contribution is -2.55. The predicted octanol–water partition coefficient (Wildman–Crippen LogP) is 2.35. The molecule has 2 unspecified atom stereocenters. The Morgan fingerprint density at radius 1 is 1.15 bits per heavy atom. The number of piperazine rings is 1. The normalized spacial score (nSPS) is 22.7. The molecule has 1 N–H and O–H groups in total. The zero-order chi connectivity index (χ0) is 22.3. The second-order valence-corrected chi connectivity index (χ2v) is 8.78. The van der Waals surface area contributed by atoms with Crippen LogP contribution in [0.1, 0.15) is 37.3 Å². The summed E-state index contributed by atoms with van der Waals surface area (Å²) in [7, 11) is 3.55. The van der Waals surface area contributed by atoms with Crippen molar-refractivity contribution in [3.05, 3.63) is 29.8 Å². The Labute approximate surface area is 214 Å². The van der Waals surface area contributed by atoms with Gasteiger partial charge in [-0.25, -0.2) is 0 Å². The fourth-order valence-corrected chi connectivity index (χ4v) is 4.99. The summed E-state index contributed by atoms with van der Waals surface area (Å²) >= 11 is 0. The maximum atomic E-state index is 12.6. The number of hydrogen-bond acceptors (Lipinski definition) is 5. The van der Waals surface area contributed by atoms with Crippen molar-refractivity contribution >= 4 is 35.8 Å². The van der Waals surface area contributed by atoms with E-state index >= 15 is 0 Å². The van der Waals surface area contributed by atoms with Gasteiger partial charge in [-0.15, -0.1) is 24.0 Å². The molecule has 8 nitrogen and oxygen atoms in total. The third-order valence-electron chi connectivity index (χ3n) is 6.82. The van der Waals surface area contributed by atoms with E-state index < -0.39 is 0 Å². The second-order valence-electron chi connectivity index (χ2n) is 8.78. The Hall–Kier alpha value is -1.59. The molecular weight excluding hydrogens is 533 g/mol. The highest BCUT2D eigenvalue weighted by Gasteiger charge is 2.31. The molecule has 9 heteroatoms. The van der Waals surface area contributed by atoms with E-state index in [0.717, 1.165) is 57.3 Å². The average molecular weight is 572 g/mol. The Bertz CT molecular complexity index is 788. The molecule has 0 radical (unpaired) electrons. The highest BCUT2D eigenvalue weighted by Crippen LogP contribution is 2.27. The molecule has 1 aromatic carbocycles. The molecule has 33 heavy (non-hydrogen) atoms. The number of nitrogens with one attached hydrogen (secondary N) is 1. The van der Waals surface area contributed by atoms with Gasteiger partial charge in [0.05, 0.1) is 13.2 Å². The molecule has 3 heterocycles. The fraction of sp³-hybridized carbons (Fsp3) is 0.667. The van der Waals surface area contributed by atoms with Gasteiger partial charge in [0.15, 0.2) is 5.96 Å². The van der Waals surface area contributed by atoms with Crippen molar-refractivity contribution in [1.29, 1.82) is 0 Å². The monoisotopic (exact) mass is 571 g/mol. The van der Waals surface area contributed by atoms with Gasteiger partial charge >= 0.3 is 0 Å². The van der Waals surface area contributed by atoms with Crippen LogP contribution >= 0.6 is 24.0 Å². The minimum atomic E-state index is -0.233. The molecule has 1 aromatic rings. The maximum absolute atomic E-state index is 12.6. The third-order valence-corrected chi connectivity index (χ3v) is 6.82. The van der Waals surface area contributed by atoms with Gasteiger partial charge in [-0.3, -0.25) is 14.7 Å². The first kappa shape index (κ1) is 26.0. The molecule has 2 atom stereocenters. The number of nitrogens with zero attached hydrogens (tertiary/aromatic N) is 4. The van der Waals surface area contributed by atoms with Gasteiger partial charge in [0.25, 0.3) is 5.91 Å². The number of methoxy groups -OCH3 is 1. The fourth-order valence-electron chi connectivity index (χ4n) is 4.99. The number of amides is 1. The molecule has 3 aliphatic rings. The highest BCUT2D eigenvalue weighted by molar-refractivity contribution is 14.0. The minimum absolute atomic E-state index is 0. The number of carbonyl (C=O) groups excluding carboxylic acids is 1. The summed E-state index contributed by atoms with van der Waals surface area (Å²) in [5.41, 5.74) is 1.26. The molecule has 0 aromatic heterocycles. The smallest absolute Gasteiger partial charge is 0.251 e. The number of likely N-dealkylation sites (tertiary alicyclic amines) is 1. The van der Waals surface area contributed by atoms with Crippen LogP contribution in [0.5, 0.6) is 5.75 Å². The Morgan fingerprint density at radius 2 is 1.88 bits per heavy atom. The number of benzene rings is 1. The number of rotatable bonds is 6. The van der Waals surface area contributed by atoms with Crippen molar-refractivity contribution in [2.24, 2.45) is 4.99 Å². The van der Waals surface area contributed by atoms with E-state index in [0.29, 0.717) is 19.7 Å². The van der Waals surface area contributed by atoms with Crippen molar-refractivity contribution in [1.82, 2.24) is 20.0 Å². The number of halogens is 1. The third kappa shape index (κ3) is 6.51. The van der Waals surface area contributed by atoms with Crippen molar-refractivity contribution < 1.29 is 14.3 Å². The highest BCUT2D eigenvalue weighted by atomic mass is 127. The van der Waals surface area contributed by atoms with E-state index in [1.165, 1.54) is 18.4 Å².